The van der Waals surface area contributed by atoms with Crippen LogP contribution < -0.4 is 5.32 Å². The van der Waals surface area contributed by atoms with Crippen LogP contribution in [0.3, 0.4) is 0 Å². The van der Waals surface area contributed by atoms with Crippen molar-refractivity contribution in [3.63, 3.8) is 0 Å². The second-order valence-corrected chi connectivity index (χ2v) is 7.98. The van der Waals surface area contributed by atoms with Crippen LogP contribution in [0.25, 0.3) is 0 Å². The van der Waals surface area contributed by atoms with Crippen molar-refractivity contribution in [2.45, 2.75) is 46.5 Å². The number of esters is 1. The van der Waals surface area contributed by atoms with Crippen molar-refractivity contribution in [1.29, 1.82) is 0 Å². The fraction of sp³-hybridized carbons (Fsp3) is 0.786. The van der Waals surface area contributed by atoms with Crippen molar-refractivity contribution in [3.05, 3.63) is 0 Å². The molecule has 144 valence electrons. The second kappa shape index (κ2) is 8.48. The topological polar surface area (TPSA) is 134 Å². The molecule has 11 heteroatoms. The van der Waals surface area contributed by atoms with E-state index < -0.39 is 46.7 Å². The van der Waals surface area contributed by atoms with E-state index in [9.17, 15) is 22.8 Å². The minimum Gasteiger partial charge on any atom is -0.423 e. The van der Waals surface area contributed by atoms with Gasteiger partial charge in [-0.05, 0) is 6.42 Å². The summed E-state index contributed by atoms with van der Waals surface area (Å²) in [7, 11) is -3.88. The number of hydrogen-bond acceptors (Lipinski definition) is 9. The highest BCUT2D eigenvalue weighted by Crippen LogP contribution is 2.28. The van der Waals surface area contributed by atoms with Crippen molar-refractivity contribution < 1.29 is 41.2 Å². The smallest absolute Gasteiger partial charge is 0.423 e. The molecule has 2 atom stereocenters. The fourth-order valence-electron chi connectivity index (χ4n) is 1.93. The minimum atomic E-state index is -3.88. The molecular formula is C14H23NO9S. The van der Waals surface area contributed by atoms with Crippen LogP contribution in [0, 0.1) is 5.41 Å². The highest BCUT2D eigenvalue weighted by Gasteiger charge is 2.44. The maximum Gasteiger partial charge on any atom is 0.512 e. The molecule has 1 fully saturated rings. The van der Waals surface area contributed by atoms with Crippen LogP contribution >= 0.6 is 0 Å². The first kappa shape index (κ1) is 21.2. The van der Waals surface area contributed by atoms with Crippen molar-refractivity contribution in [2.75, 3.05) is 18.9 Å². The molecule has 1 rings (SSSR count). The summed E-state index contributed by atoms with van der Waals surface area (Å²) in [4.78, 5) is 34.2. The van der Waals surface area contributed by atoms with E-state index in [0.717, 1.165) is 0 Å². The lowest BCUT2D eigenvalue weighted by Gasteiger charge is -2.29. The molecule has 1 aliphatic rings. The van der Waals surface area contributed by atoms with E-state index in [-0.39, 0.29) is 24.6 Å². The van der Waals surface area contributed by atoms with E-state index in [4.69, 9.17) is 13.7 Å². The van der Waals surface area contributed by atoms with Gasteiger partial charge in [0.15, 0.2) is 0 Å². The van der Waals surface area contributed by atoms with Crippen molar-refractivity contribution in [2.24, 2.45) is 5.41 Å². The van der Waals surface area contributed by atoms with Gasteiger partial charge < -0.3 is 19.5 Å². The monoisotopic (exact) mass is 381 g/mol. The Hall–Kier alpha value is -1.88. The maximum atomic E-state index is 12.0. The van der Waals surface area contributed by atoms with Crippen LogP contribution in [0.5, 0.6) is 0 Å². The number of ether oxygens (including phenoxy) is 3. The summed E-state index contributed by atoms with van der Waals surface area (Å²) in [5, 5.41) is 2.47. The van der Waals surface area contributed by atoms with Gasteiger partial charge in [0.05, 0.1) is 12.4 Å². The third-order valence-corrected chi connectivity index (χ3v) is 4.50. The van der Waals surface area contributed by atoms with Gasteiger partial charge in [0.2, 0.25) is 18.3 Å². The van der Waals surface area contributed by atoms with E-state index in [1.54, 1.807) is 0 Å². The lowest BCUT2D eigenvalue weighted by molar-refractivity contribution is -0.168. The highest BCUT2D eigenvalue weighted by atomic mass is 32.2. The summed E-state index contributed by atoms with van der Waals surface area (Å²) in [5.74, 6) is -1.42. The molecule has 0 aromatic heterocycles. The van der Waals surface area contributed by atoms with Crippen LogP contribution in [0.1, 0.15) is 34.1 Å². The summed E-state index contributed by atoms with van der Waals surface area (Å²) in [5.41, 5.74) is -1.18. The molecule has 1 amide bonds. The number of rotatable bonds is 8. The first-order chi connectivity index (χ1) is 11.4. The zero-order chi connectivity index (χ0) is 19.3. The first-order valence-corrected chi connectivity index (χ1v) is 9.20. The number of cyclic esters (lactones) is 3. The summed E-state index contributed by atoms with van der Waals surface area (Å²) < 4.78 is 43.1. The molecule has 0 bridgehead atoms. The Balaban J connectivity index is 2.62. The van der Waals surface area contributed by atoms with E-state index >= 15 is 0 Å². The lowest BCUT2D eigenvalue weighted by atomic mass is 9.87. The third kappa shape index (κ3) is 7.26. The zero-order valence-corrected chi connectivity index (χ0v) is 15.4. The summed E-state index contributed by atoms with van der Waals surface area (Å²) in [6, 6.07) is 0. The molecule has 10 nitrogen and oxygen atoms in total. The third-order valence-electron chi connectivity index (χ3n) is 3.24. The lowest BCUT2D eigenvalue weighted by Crippen LogP contribution is -2.43. The highest BCUT2D eigenvalue weighted by molar-refractivity contribution is 7.86. The van der Waals surface area contributed by atoms with Crippen molar-refractivity contribution in [3.8, 4) is 0 Å². The van der Waals surface area contributed by atoms with Crippen molar-refractivity contribution in [1.82, 2.24) is 5.32 Å². The predicted octanol–water partition coefficient (Wildman–Crippen LogP) is 0.310. The molecule has 0 saturated carbocycles. The van der Waals surface area contributed by atoms with Crippen LogP contribution in [-0.2, 0) is 38.1 Å². The SMILES string of the molecule is CC(=O)NCCCS(=O)(=O)OCC(C)(C)[C@H]1OC(=O)OC(C)OC1=O. The van der Waals surface area contributed by atoms with Gasteiger partial charge in [-0.15, -0.1) is 0 Å². The van der Waals surface area contributed by atoms with Crippen LogP contribution in [0.4, 0.5) is 4.79 Å². The molecule has 0 aromatic carbocycles. The Morgan fingerprint density at radius 3 is 2.48 bits per heavy atom. The summed E-state index contributed by atoms with van der Waals surface area (Å²) >= 11 is 0. The molecular weight excluding hydrogens is 358 g/mol. The molecule has 1 unspecified atom stereocenters. The van der Waals surface area contributed by atoms with Gasteiger partial charge in [-0.3, -0.25) is 8.98 Å². The number of hydrogen-bond donors (Lipinski definition) is 1. The first-order valence-electron chi connectivity index (χ1n) is 7.62. The minimum absolute atomic E-state index is 0.175. The molecule has 1 N–H and O–H groups in total. The fourth-order valence-corrected chi connectivity index (χ4v) is 3.02. The van der Waals surface area contributed by atoms with Gasteiger partial charge in [0.1, 0.15) is 0 Å². The van der Waals surface area contributed by atoms with Crippen LogP contribution in [0.2, 0.25) is 0 Å². The quantitative estimate of drug-likeness (QED) is 0.358. The average Bonchev–Trinajstić information content (AvgIpc) is 2.59. The molecule has 1 saturated heterocycles. The van der Waals surface area contributed by atoms with Gasteiger partial charge in [-0.25, -0.2) is 9.59 Å². The average molecular weight is 381 g/mol. The van der Waals surface area contributed by atoms with Gasteiger partial charge >= 0.3 is 12.1 Å². The van der Waals surface area contributed by atoms with Crippen LogP contribution in [-0.4, -0.2) is 57.7 Å². The van der Waals surface area contributed by atoms with Gasteiger partial charge in [-0.2, -0.15) is 8.42 Å². The van der Waals surface area contributed by atoms with Gasteiger partial charge in [0.25, 0.3) is 10.1 Å². The van der Waals surface area contributed by atoms with Crippen molar-refractivity contribution >= 4 is 28.1 Å². The van der Waals surface area contributed by atoms with Gasteiger partial charge in [-0.1, -0.05) is 13.8 Å². The number of amides is 1. The largest absolute Gasteiger partial charge is 0.512 e. The summed E-state index contributed by atoms with van der Waals surface area (Å²) in [6.45, 7) is 5.46. The van der Waals surface area contributed by atoms with E-state index in [1.165, 1.54) is 27.7 Å². The summed E-state index contributed by atoms with van der Waals surface area (Å²) in [6.07, 6.45) is -3.39. The second-order valence-electron chi connectivity index (χ2n) is 6.22. The molecule has 0 aliphatic carbocycles. The Bertz CT molecular complexity index is 614. The number of carbonyl (C=O) groups is 3. The number of nitrogens with one attached hydrogen (secondary N) is 1. The standard InChI is InChI=1S/C14H23NO9S/c1-9(16)15-6-5-7-25(19,20)21-8-14(3,4)11-12(17)22-10(2)23-13(18)24-11/h10-11H,5-8H2,1-4H3,(H,15,16)/t10?,11-/m0/s1. The normalized spacial score (nSPS) is 21.6. The Morgan fingerprint density at radius 2 is 1.88 bits per heavy atom. The Kier molecular flexibility index (Phi) is 7.17. The maximum absolute atomic E-state index is 12.0. The molecule has 25 heavy (non-hydrogen) atoms. The Labute approximate surface area is 146 Å². The molecule has 0 aromatic rings. The molecule has 0 spiro atoms. The van der Waals surface area contributed by atoms with E-state index in [2.05, 4.69) is 10.1 Å². The van der Waals surface area contributed by atoms with E-state index in [0.29, 0.717) is 0 Å². The molecule has 1 heterocycles. The molecule has 1 aliphatic heterocycles. The zero-order valence-electron chi connectivity index (χ0n) is 14.6. The predicted molar refractivity (Wildman–Crippen MR) is 83.7 cm³/mol. The van der Waals surface area contributed by atoms with Gasteiger partial charge in [0, 0.05) is 25.8 Å². The van der Waals surface area contributed by atoms with E-state index in [1.807, 2.05) is 0 Å². The van der Waals surface area contributed by atoms with Crippen LogP contribution in [0.15, 0.2) is 0 Å². The number of carbonyl (C=O) groups excluding carboxylic acids is 3. The molecule has 0 radical (unpaired) electrons. The Morgan fingerprint density at radius 1 is 1.24 bits per heavy atom.